The quantitative estimate of drug-likeness (QED) is 0.544. The third kappa shape index (κ3) is 2.37. The number of nitrogens with zero attached hydrogens (tertiary/aromatic N) is 4. The predicted octanol–water partition coefficient (Wildman–Crippen LogP) is 2.92. The number of halogens is 1. The molecule has 6 nitrogen and oxygen atoms in total. The number of fused-ring (bicyclic) bond motifs is 3. The molecule has 2 aromatic carbocycles. The van der Waals surface area contributed by atoms with Crippen molar-refractivity contribution in [2.24, 2.45) is 7.05 Å². The second-order valence-corrected chi connectivity index (χ2v) is 6.29. The number of hydrogen-bond acceptors (Lipinski definition) is 4. The zero-order chi connectivity index (χ0) is 16.7. The molecule has 4 aromatic rings. The summed E-state index contributed by atoms with van der Waals surface area (Å²) in [6.45, 7) is 0.250. The first kappa shape index (κ1) is 14.9. The number of aryl methyl sites for hydroxylation is 1. The smallest absolute Gasteiger partial charge is 0.262 e. The first-order chi connectivity index (χ1) is 11.6. The van der Waals surface area contributed by atoms with Crippen LogP contribution in [-0.2, 0) is 13.7 Å². The molecule has 4 rings (SSSR count). The van der Waals surface area contributed by atoms with Crippen molar-refractivity contribution in [3.05, 3.63) is 69.2 Å². The maximum atomic E-state index is 12.4. The van der Waals surface area contributed by atoms with Gasteiger partial charge in [-0.3, -0.25) is 13.8 Å². The molecular formula is C17H13BrN4O2. The summed E-state index contributed by atoms with van der Waals surface area (Å²) in [7, 11) is 1.69. The molecule has 0 fully saturated rings. The largest absolute Gasteiger partial charge is 0.486 e. The number of rotatable bonds is 3. The summed E-state index contributed by atoms with van der Waals surface area (Å²) in [5.74, 6) is 1.86. The Morgan fingerprint density at radius 3 is 2.79 bits per heavy atom. The molecule has 0 bridgehead atoms. The molecule has 0 atom stereocenters. The van der Waals surface area contributed by atoms with Crippen molar-refractivity contribution in [2.75, 3.05) is 0 Å². The fourth-order valence-corrected chi connectivity index (χ4v) is 3.07. The van der Waals surface area contributed by atoms with Gasteiger partial charge in [0.1, 0.15) is 12.4 Å². The molecule has 120 valence electrons. The zero-order valence-corrected chi connectivity index (χ0v) is 14.4. The van der Waals surface area contributed by atoms with E-state index in [1.165, 1.54) is 4.57 Å². The molecule has 0 amide bonds. The average Bonchev–Trinajstić information content (AvgIpc) is 3.02. The molecule has 0 spiro atoms. The van der Waals surface area contributed by atoms with E-state index in [9.17, 15) is 4.79 Å². The summed E-state index contributed by atoms with van der Waals surface area (Å²) in [5, 5.41) is 8.97. The maximum Gasteiger partial charge on any atom is 0.262 e. The van der Waals surface area contributed by atoms with Gasteiger partial charge in [-0.15, -0.1) is 10.2 Å². The molecule has 2 aromatic heterocycles. The van der Waals surface area contributed by atoms with E-state index >= 15 is 0 Å². The summed E-state index contributed by atoms with van der Waals surface area (Å²) in [6.07, 6.45) is 0. The molecule has 0 saturated heterocycles. The van der Waals surface area contributed by atoms with Gasteiger partial charge in [-0.05, 0) is 30.3 Å². The summed E-state index contributed by atoms with van der Waals surface area (Å²) >= 11 is 3.42. The van der Waals surface area contributed by atoms with E-state index in [4.69, 9.17) is 4.74 Å². The first-order valence-corrected chi connectivity index (χ1v) is 8.14. The van der Waals surface area contributed by atoms with Gasteiger partial charge in [0.05, 0.1) is 10.9 Å². The Labute approximate surface area is 145 Å². The van der Waals surface area contributed by atoms with E-state index in [1.807, 2.05) is 46.9 Å². The summed E-state index contributed by atoms with van der Waals surface area (Å²) in [6, 6.07) is 15.0. The lowest BCUT2D eigenvalue weighted by Crippen LogP contribution is -2.20. The van der Waals surface area contributed by atoms with Crippen LogP contribution in [0.4, 0.5) is 0 Å². The molecular weight excluding hydrogens is 372 g/mol. The Morgan fingerprint density at radius 2 is 1.96 bits per heavy atom. The van der Waals surface area contributed by atoms with Crippen molar-refractivity contribution in [1.82, 2.24) is 19.2 Å². The van der Waals surface area contributed by atoms with Gasteiger partial charge in [-0.1, -0.05) is 34.1 Å². The van der Waals surface area contributed by atoms with Crippen molar-refractivity contribution in [3.8, 4) is 5.75 Å². The van der Waals surface area contributed by atoms with Crippen LogP contribution in [0, 0.1) is 0 Å². The Balaban J connectivity index is 1.83. The van der Waals surface area contributed by atoms with E-state index < -0.39 is 0 Å². The molecule has 0 aliphatic heterocycles. The van der Waals surface area contributed by atoms with Crippen LogP contribution in [0.15, 0.2) is 57.8 Å². The zero-order valence-electron chi connectivity index (χ0n) is 12.8. The van der Waals surface area contributed by atoms with Gasteiger partial charge >= 0.3 is 0 Å². The van der Waals surface area contributed by atoms with Crippen LogP contribution in [0.1, 0.15) is 5.82 Å². The van der Waals surface area contributed by atoms with E-state index in [0.717, 1.165) is 15.7 Å². The molecule has 0 aliphatic rings. The van der Waals surface area contributed by atoms with E-state index in [2.05, 4.69) is 26.1 Å². The van der Waals surface area contributed by atoms with Gasteiger partial charge in [0, 0.05) is 11.5 Å². The lowest BCUT2D eigenvalue weighted by Gasteiger charge is -2.09. The molecule has 0 saturated carbocycles. The van der Waals surface area contributed by atoms with Crippen LogP contribution in [0.25, 0.3) is 16.7 Å². The van der Waals surface area contributed by atoms with Crippen molar-refractivity contribution in [3.63, 3.8) is 0 Å². The first-order valence-electron chi connectivity index (χ1n) is 7.35. The second kappa shape index (κ2) is 5.76. The Morgan fingerprint density at radius 1 is 1.12 bits per heavy atom. The van der Waals surface area contributed by atoms with Gasteiger partial charge < -0.3 is 4.74 Å². The number of hydrogen-bond donors (Lipinski definition) is 0. The minimum absolute atomic E-state index is 0.0926. The molecule has 2 heterocycles. The Hall–Kier alpha value is -2.67. The molecule has 0 aliphatic carbocycles. The number of para-hydroxylation sites is 1. The Bertz CT molecular complexity index is 1120. The number of benzene rings is 2. The third-order valence-electron chi connectivity index (χ3n) is 3.86. The fraction of sp³-hybridized carbons (Fsp3) is 0.118. The second-order valence-electron chi connectivity index (χ2n) is 5.38. The maximum absolute atomic E-state index is 12.4. The van der Waals surface area contributed by atoms with Gasteiger partial charge in [0.15, 0.2) is 5.82 Å². The summed E-state index contributed by atoms with van der Waals surface area (Å²) in [5.41, 5.74) is 0.679. The predicted molar refractivity (Wildman–Crippen MR) is 94.2 cm³/mol. The summed E-state index contributed by atoms with van der Waals surface area (Å²) < 4.78 is 10.1. The van der Waals surface area contributed by atoms with Crippen molar-refractivity contribution in [1.29, 1.82) is 0 Å². The normalized spacial score (nSPS) is 11.2. The average molecular weight is 385 g/mol. The molecule has 0 unspecified atom stereocenters. The van der Waals surface area contributed by atoms with Crippen LogP contribution in [0.5, 0.6) is 5.75 Å². The van der Waals surface area contributed by atoms with E-state index in [1.54, 1.807) is 13.1 Å². The highest BCUT2D eigenvalue weighted by atomic mass is 79.9. The van der Waals surface area contributed by atoms with Gasteiger partial charge in [-0.2, -0.15) is 0 Å². The SMILES string of the molecule is Cn1c(=O)c2ccccc2n2c(COc3cccc(Br)c3)nnc12. The monoisotopic (exact) mass is 384 g/mol. The fourth-order valence-electron chi connectivity index (χ4n) is 2.69. The lowest BCUT2D eigenvalue weighted by atomic mass is 10.2. The highest BCUT2D eigenvalue weighted by molar-refractivity contribution is 9.10. The molecule has 7 heteroatoms. The molecule has 0 radical (unpaired) electrons. The topological polar surface area (TPSA) is 61.4 Å². The van der Waals surface area contributed by atoms with Crippen LogP contribution in [0.3, 0.4) is 0 Å². The highest BCUT2D eigenvalue weighted by Crippen LogP contribution is 2.19. The van der Waals surface area contributed by atoms with E-state index in [-0.39, 0.29) is 12.2 Å². The lowest BCUT2D eigenvalue weighted by molar-refractivity contribution is 0.294. The third-order valence-corrected chi connectivity index (χ3v) is 4.35. The molecule has 0 N–H and O–H groups in total. The van der Waals surface area contributed by atoms with Gasteiger partial charge in [-0.25, -0.2) is 0 Å². The highest BCUT2D eigenvalue weighted by Gasteiger charge is 2.14. The summed E-state index contributed by atoms with van der Waals surface area (Å²) in [4.78, 5) is 12.4. The molecule has 24 heavy (non-hydrogen) atoms. The van der Waals surface area contributed by atoms with Crippen LogP contribution >= 0.6 is 15.9 Å². The minimum Gasteiger partial charge on any atom is -0.486 e. The standard InChI is InChI=1S/C17H13BrN4O2/c1-21-16(23)13-7-2-3-8-14(13)22-15(19-20-17(21)22)10-24-12-6-4-5-11(18)9-12/h2-9H,10H2,1H3. The van der Waals surface area contributed by atoms with Crippen molar-refractivity contribution < 1.29 is 4.74 Å². The van der Waals surface area contributed by atoms with Crippen molar-refractivity contribution in [2.45, 2.75) is 6.61 Å². The number of aromatic nitrogens is 4. The van der Waals surface area contributed by atoms with E-state index in [0.29, 0.717) is 17.0 Å². The van der Waals surface area contributed by atoms with Crippen molar-refractivity contribution >= 4 is 32.6 Å². The van der Waals surface area contributed by atoms with Crippen LogP contribution < -0.4 is 10.3 Å². The van der Waals surface area contributed by atoms with Gasteiger partial charge in [0.2, 0.25) is 5.78 Å². The van der Waals surface area contributed by atoms with Crippen LogP contribution in [0.2, 0.25) is 0 Å². The van der Waals surface area contributed by atoms with Crippen LogP contribution in [-0.4, -0.2) is 19.2 Å². The van der Waals surface area contributed by atoms with Gasteiger partial charge in [0.25, 0.3) is 5.56 Å². The Kier molecular flexibility index (Phi) is 3.57. The number of ether oxygens (including phenoxy) is 1. The minimum atomic E-state index is -0.0926.